The summed E-state index contributed by atoms with van der Waals surface area (Å²) in [6.45, 7) is 0.280. The van der Waals surface area contributed by atoms with Gasteiger partial charge in [0.05, 0.1) is 17.7 Å². The minimum Gasteiger partial charge on any atom is -0.397 e. The molecule has 0 saturated heterocycles. The molecule has 0 aliphatic heterocycles. The molecular formula is C13H12N4O2S. The highest BCUT2D eigenvalue weighted by Crippen LogP contribution is 2.20. The van der Waals surface area contributed by atoms with Crippen molar-refractivity contribution in [3.63, 3.8) is 0 Å². The zero-order valence-electron chi connectivity index (χ0n) is 10.4. The van der Waals surface area contributed by atoms with E-state index in [2.05, 4.69) is 15.3 Å². The second kappa shape index (κ2) is 4.86. The minimum atomic E-state index is -0.243. The van der Waals surface area contributed by atoms with Crippen LogP contribution in [0.5, 0.6) is 0 Å². The molecule has 0 aliphatic carbocycles. The maximum Gasteiger partial charge on any atom is 0.304 e. The van der Waals surface area contributed by atoms with Crippen molar-refractivity contribution in [1.82, 2.24) is 15.3 Å². The maximum atomic E-state index is 12.0. The standard InChI is InChI=1S/C13H12N4O2S/c14-9-3-1-2-7-4-10(17-11(7)9)12(18)15-5-8-6-20-13(19)16-8/h1-4,6,17H,5,14H2,(H,15,18)(H,16,19). The van der Waals surface area contributed by atoms with Gasteiger partial charge in [-0.3, -0.25) is 9.59 Å². The van der Waals surface area contributed by atoms with E-state index in [4.69, 9.17) is 5.73 Å². The number of nitrogens with one attached hydrogen (secondary N) is 3. The Morgan fingerprint density at radius 3 is 2.90 bits per heavy atom. The van der Waals surface area contributed by atoms with Crippen molar-refractivity contribution < 1.29 is 4.79 Å². The number of H-pyrrole nitrogens is 2. The summed E-state index contributed by atoms with van der Waals surface area (Å²) in [5, 5.41) is 5.31. The molecule has 1 amide bonds. The summed E-state index contributed by atoms with van der Waals surface area (Å²) >= 11 is 1.07. The van der Waals surface area contributed by atoms with Crippen LogP contribution in [-0.2, 0) is 6.54 Å². The number of carbonyl (C=O) groups excluding carboxylic acids is 1. The molecule has 3 rings (SSSR count). The van der Waals surface area contributed by atoms with E-state index in [0.717, 1.165) is 22.2 Å². The van der Waals surface area contributed by atoms with Gasteiger partial charge >= 0.3 is 4.87 Å². The number of carbonyl (C=O) groups is 1. The van der Waals surface area contributed by atoms with Crippen LogP contribution in [0.25, 0.3) is 10.9 Å². The fraction of sp³-hybridized carbons (Fsp3) is 0.0769. The van der Waals surface area contributed by atoms with Crippen LogP contribution in [0, 0.1) is 0 Å². The lowest BCUT2D eigenvalue weighted by molar-refractivity contribution is 0.0946. The number of anilines is 1. The summed E-state index contributed by atoms with van der Waals surface area (Å²) in [5.41, 5.74) is 8.31. The molecule has 3 aromatic rings. The second-order valence-corrected chi connectivity index (χ2v) is 5.19. The van der Waals surface area contributed by atoms with Gasteiger partial charge in [-0.2, -0.15) is 0 Å². The normalized spacial score (nSPS) is 10.8. The fourth-order valence-corrected chi connectivity index (χ4v) is 2.55. The highest BCUT2D eigenvalue weighted by molar-refractivity contribution is 7.07. The van der Waals surface area contributed by atoms with Crippen molar-refractivity contribution in [1.29, 1.82) is 0 Å². The van der Waals surface area contributed by atoms with Gasteiger partial charge in [0.15, 0.2) is 0 Å². The lowest BCUT2D eigenvalue weighted by atomic mass is 10.2. The molecule has 20 heavy (non-hydrogen) atoms. The van der Waals surface area contributed by atoms with E-state index in [-0.39, 0.29) is 17.3 Å². The second-order valence-electron chi connectivity index (χ2n) is 4.35. The molecule has 0 atom stereocenters. The van der Waals surface area contributed by atoms with E-state index in [1.165, 1.54) is 0 Å². The van der Waals surface area contributed by atoms with Gasteiger partial charge in [-0.05, 0) is 12.1 Å². The van der Waals surface area contributed by atoms with Gasteiger partial charge in [-0.1, -0.05) is 23.5 Å². The van der Waals surface area contributed by atoms with Crippen molar-refractivity contribution in [2.45, 2.75) is 6.54 Å². The third-order valence-electron chi connectivity index (χ3n) is 2.94. The molecule has 6 nitrogen and oxygen atoms in total. The number of nitrogen functional groups attached to an aromatic ring is 1. The molecule has 0 spiro atoms. The van der Waals surface area contributed by atoms with E-state index in [0.29, 0.717) is 17.1 Å². The average Bonchev–Trinajstić information content (AvgIpc) is 3.03. The van der Waals surface area contributed by atoms with Crippen LogP contribution in [0.1, 0.15) is 16.2 Å². The molecule has 0 unspecified atom stereocenters. The van der Waals surface area contributed by atoms with Gasteiger partial charge in [0.1, 0.15) is 5.69 Å². The Kier molecular flexibility index (Phi) is 3.03. The molecule has 2 aromatic heterocycles. The number of amides is 1. The molecule has 1 aromatic carbocycles. The molecule has 102 valence electrons. The van der Waals surface area contributed by atoms with Crippen LogP contribution in [0.4, 0.5) is 5.69 Å². The van der Waals surface area contributed by atoms with Crippen molar-refractivity contribution >= 4 is 33.8 Å². The molecule has 0 saturated carbocycles. The minimum absolute atomic E-state index is 0.132. The number of benzene rings is 1. The van der Waals surface area contributed by atoms with Gasteiger partial charge in [0.25, 0.3) is 5.91 Å². The topological polar surface area (TPSA) is 104 Å². The molecule has 0 aliphatic rings. The lowest BCUT2D eigenvalue weighted by Gasteiger charge is -2.01. The molecular weight excluding hydrogens is 276 g/mol. The number of aromatic amines is 2. The van der Waals surface area contributed by atoms with E-state index in [1.54, 1.807) is 17.5 Å². The van der Waals surface area contributed by atoms with Crippen molar-refractivity contribution in [2.75, 3.05) is 5.73 Å². The van der Waals surface area contributed by atoms with E-state index >= 15 is 0 Å². The summed E-state index contributed by atoms with van der Waals surface area (Å²) in [5.74, 6) is -0.243. The Labute approximate surface area is 117 Å². The summed E-state index contributed by atoms with van der Waals surface area (Å²) < 4.78 is 0. The Bertz CT molecular complexity index is 830. The highest BCUT2D eigenvalue weighted by atomic mass is 32.1. The quantitative estimate of drug-likeness (QED) is 0.548. The zero-order chi connectivity index (χ0) is 14.1. The number of rotatable bonds is 3. The molecule has 7 heteroatoms. The van der Waals surface area contributed by atoms with Gasteiger partial charge in [-0.25, -0.2) is 0 Å². The predicted molar refractivity (Wildman–Crippen MR) is 78.8 cm³/mol. The van der Waals surface area contributed by atoms with Crippen molar-refractivity contribution in [2.24, 2.45) is 0 Å². The van der Waals surface area contributed by atoms with Crippen LogP contribution in [0.3, 0.4) is 0 Å². The number of hydrogen-bond acceptors (Lipinski definition) is 4. The first-order chi connectivity index (χ1) is 9.63. The zero-order valence-corrected chi connectivity index (χ0v) is 11.2. The molecule has 5 N–H and O–H groups in total. The SMILES string of the molecule is Nc1cccc2cc(C(=O)NCc3csc(=O)[nH]3)[nH]c12. The van der Waals surface area contributed by atoms with Gasteiger partial charge in [0.2, 0.25) is 0 Å². The average molecular weight is 288 g/mol. The number of aromatic nitrogens is 2. The molecule has 2 heterocycles. The lowest BCUT2D eigenvalue weighted by Crippen LogP contribution is -2.23. The number of nitrogens with two attached hydrogens (primary N) is 1. The molecule has 0 fully saturated rings. The fourth-order valence-electron chi connectivity index (χ4n) is 1.97. The third kappa shape index (κ3) is 2.30. The van der Waals surface area contributed by atoms with E-state index < -0.39 is 0 Å². The van der Waals surface area contributed by atoms with Gasteiger partial charge in [0, 0.05) is 16.5 Å². The van der Waals surface area contributed by atoms with Crippen molar-refractivity contribution in [3.05, 3.63) is 50.7 Å². The predicted octanol–water partition coefficient (Wildman–Crippen LogP) is 1.43. The Morgan fingerprint density at radius 1 is 1.35 bits per heavy atom. The number of fused-ring (bicyclic) bond motifs is 1. The number of thiazole rings is 1. The number of hydrogen-bond donors (Lipinski definition) is 4. The first kappa shape index (κ1) is 12.5. The van der Waals surface area contributed by atoms with Crippen LogP contribution in [0.2, 0.25) is 0 Å². The first-order valence-corrected chi connectivity index (χ1v) is 6.83. The summed E-state index contributed by atoms with van der Waals surface area (Å²) in [4.78, 5) is 28.5. The molecule has 0 bridgehead atoms. The van der Waals surface area contributed by atoms with Crippen LogP contribution < -0.4 is 15.9 Å². The van der Waals surface area contributed by atoms with Crippen LogP contribution in [0.15, 0.2) is 34.4 Å². The van der Waals surface area contributed by atoms with Crippen LogP contribution in [-0.4, -0.2) is 15.9 Å². The summed E-state index contributed by atoms with van der Waals surface area (Å²) in [7, 11) is 0. The Morgan fingerprint density at radius 2 is 2.20 bits per heavy atom. The Hall–Kier alpha value is -2.54. The maximum absolute atomic E-state index is 12.0. The smallest absolute Gasteiger partial charge is 0.304 e. The summed E-state index contributed by atoms with van der Waals surface area (Å²) in [6.07, 6.45) is 0. The third-order valence-corrected chi connectivity index (χ3v) is 3.66. The first-order valence-electron chi connectivity index (χ1n) is 5.95. The highest BCUT2D eigenvalue weighted by Gasteiger charge is 2.10. The monoisotopic (exact) mass is 288 g/mol. The van der Waals surface area contributed by atoms with Crippen LogP contribution >= 0.6 is 11.3 Å². The van der Waals surface area contributed by atoms with E-state index in [9.17, 15) is 9.59 Å². The molecule has 0 radical (unpaired) electrons. The van der Waals surface area contributed by atoms with Gasteiger partial charge in [-0.15, -0.1) is 0 Å². The van der Waals surface area contributed by atoms with Crippen molar-refractivity contribution in [3.8, 4) is 0 Å². The summed E-state index contributed by atoms with van der Waals surface area (Å²) in [6, 6.07) is 7.24. The van der Waals surface area contributed by atoms with E-state index in [1.807, 2.05) is 12.1 Å². The Balaban J connectivity index is 1.78. The van der Waals surface area contributed by atoms with Gasteiger partial charge < -0.3 is 21.0 Å². The number of para-hydroxylation sites is 1. The largest absolute Gasteiger partial charge is 0.397 e.